The number of pyridine rings is 1. The van der Waals surface area contributed by atoms with Gasteiger partial charge in [-0.25, -0.2) is 9.37 Å². The number of alkyl halides is 3. The van der Waals surface area contributed by atoms with Crippen molar-refractivity contribution < 1.29 is 27.1 Å². The van der Waals surface area contributed by atoms with Crippen molar-refractivity contribution in [2.45, 2.75) is 19.1 Å². The maximum Gasteiger partial charge on any atom is 0.433 e. The Labute approximate surface area is 146 Å². The normalized spacial score (nSPS) is 13.9. The number of fused-ring (bicyclic) bond motifs is 1. The molecule has 2 aromatic rings. The average Bonchev–Trinajstić information content (AvgIpc) is 2.60. The highest BCUT2D eigenvalue weighted by atomic mass is 19.4. The fraction of sp³-hybridized carbons (Fsp3) is 0.222. The Hall–Kier alpha value is -2.90. The van der Waals surface area contributed by atoms with Crippen LogP contribution in [0.1, 0.15) is 16.8 Å². The molecule has 0 atom stereocenters. The molecule has 0 bridgehead atoms. The van der Waals surface area contributed by atoms with Crippen LogP contribution < -0.4 is 4.74 Å². The minimum absolute atomic E-state index is 0.0483. The van der Waals surface area contributed by atoms with Gasteiger partial charge in [-0.1, -0.05) is 6.58 Å². The number of amides is 1. The van der Waals surface area contributed by atoms with Gasteiger partial charge in [-0.05, 0) is 41.8 Å². The Kier molecular flexibility index (Phi) is 4.67. The third-order valence-corrected chi connectivity index (χ3v) is 4.00. The first kappa shape index (κ1) is 17.9. The lowest BCUT2D eigenvalue weighted by Crippen LogP contribution is -2.35. The molecule has 0 radical (unpaired) electrons. The second kappa shape index (κ2) is 6.78. The van der Waals surface area contributed by atoms with E-state index in [9.17, 15) is 22.4 Å². The van der Waals surface area contributed by atoms with Gasteiger partial charge in [-0.3, -0.25) is 4.79 Å². The predicted molar refractivity (Wildman–Crippen MR) is 85.0 cm³/mol. The molecule has 1 aliphatic rings. The Morgan fingerprint density at radius 2 is 2.04 bits per heavy atom. The van der Waals surface area contributed by atoms with Crippen LogP contribution in [0, 0.1) is 5.82 Å². The molecule has 3 rings (SSSR count). The fourth-order valence-electron chi connectivity index (χ4n) is 2.74. The van der Waals surface area contributed by atoms with Gasteiger partial charge < -0.3 is 9.64 Å². The summed E-state index contributed by atoms with van der Waals surface area (Å²) in [6, 6.07) is 4.63. The molecule has 0 aliphatic carbocycles. The van der Waals surface area contributed by atoms with E-state index in [4.69, 9.17) is 4.74 Å². The van der Waals surface area contributed by atoms with E-state index in [1.807, 2.05) is 0 Å². The molecule has 136 valence electrons. The van der Waals surface area contributed by atoms with E-state index in [-0.39, 0.29) is 24.0 Å². The van der Waals surface area contributed by atoms with E-state index < -0.39 is 17.7 Å². The number of nitrogens with zero attached hydrogens (tertiary/aromatic N) is 2. The van der Waals surface area contributed by atoms with Crippen molar-refractivity contribution in [2.75, 3.05) is 6.54 Å². The smallest absolute Gasteiger partial charge is 0.433 e. The average molecular weight is 366 g/mol. The summed E-state index contributed by atoms with van der Waals surface area (Å²) in [6.07, 6.45) is -2.07. The lowest BCUT2D eigenvalue weighted by molar-refractivity contribution is -0.141. The zero-order valence-corrected chi connectivity index (χ0v) is 13.5. The van der Waals surface area contributed by atoms with Gasteiger partial charge in [0.1, 0.15) is 23.0 Å². The van der Waals surface area contributed by atoms with Gasteiger partial charge in [-0.15, -0.1) is 0 Å². The molecule has 26 heavy (non-hydrogen) atoms. The van der Waals surface area contributed by atoms with Gasteiger partial charge in [0.05, 0.1) is 6.20 Å². The van der Waals surface area contributed by atoms with Crippen LogP contribution in [-0.2, 0) is 23.9 Å². The third kappa shape index (κ3) is 3.68. The fourth-order valence-corrected chi connectivity index (χ4v) is 2.74. The van der Waals surface area contributed by atoms with Gasteiger partial charge in [-0.2, -0.15) is 13.2 Å². The lowest BCUT2D eigenvalue weighted by atomic mass is 9.98. The second-order valence-electron chi connectivity index (χ2n) is 5.74. The standard InChI is InChI=1S/C18H14F4N2O2/c1-2-17(25)24-6-5-14-11(10-24)7-13(8-15(14)19)26-12-3-4-16(23-9-12)18(20,21)22/h2-4,7-9H,1,5-6,10H2. The molecule has 8 heteroatoms. The maximum atomic E-state index is 14.3. The summed E-state index contributed by atoms with van der Waals surface area (Å²) in [5.41, 5.74) is 0.0392. The van der Waals surface area contributed by atoms with E-state index in [1.165, 1.54) is 17.0 Å². The molecule has 0 unspecified atom stereocenters. The second-order valence-corrected chi connectivity index (χ2v) is 5.74. The number of halogens is 4. The molecule has 1 amide bonds. The van der Waals surface area contributed by atoms with Crippen LogP contribution in [0.2, 0.25) is 0 Å². The van der Waals surface area contributed by atoms with Crippen molar-refractivity contribution in [1.82, 2.24) is 9.88 Å². The molecule has 0 saturated carbocycles. The monoisotopic (exact) mass is 366 g/mol. The highest BCUT2D eigenvalue weighted by molar-refractivity contribution is 5.87. The summed E-state index contributed by atoms with van der Waals surface area (Å²) in [7, 11) is 0. The number of aromatic nitrogens is 1. The van der Waals surface area contributed by atoms with Crippen LogP contribution >= 0.6 is 0 Å². The van der Waals surface area contributed by atoms with Gasteiger partial charge >= 0.3 is 6.18 Å². The molecule has 0 saturated heterocycles. The molecular formula is C18H14F4N2O2. The van der Waals surface area contributed by atoms with Gasteiger partial charge in [0.2, 0.25) is 5.91 Å². The van der Waals surface area contributed by atoms with E-state index in [0.717, 1.165) is 18.3 Å². The molecule has 1 aromatic carbocycles. The van der Waals surface area contributed by atoms with E-state index in [0.29, 0.717) is 24.1 Å². The first-order valence-electron chi connectivity index (χ1n) is 7.71. The number of ether oxygens (including phenoxy) is 1. The number of carbonyl (C=O) groups excluding carboxylic acids is 1. The summed E-state index contributed by atoms with van der Waals surface area (Å²) in [5, 5.41) is 0. The predicted octanol–water partition coefficient (Wildman–Crippen LogP) is 4.10. The van der Waals surface area contributed by atoms with Gasteiger partial charge in [0.15, 0.2) is 0 Å². The van der Waals surface area contributed by atoms with E-state index in [1.54, 1.807) is 6.07 Å². The largest absolute Gasteiger partial charge is 0.456 e. The number of carbonyl (C=O) groups is 1. The topological polar surface area (TPSA) is 42.4 Å². The zero-order valence-electron chi connectivity index (χ0n) is 13.5. The number of hydrogen-bond donors (Lipinski definition) is 0. The molecule has 0 N–H and O–H groups in total. The van der Waals surface area contributed by atoms with Crippen LogP contribution in [0.15, 0.2) is 43.1 Å². The highest BCUT2D eigenvalue weighted by Gasteiger charge is 2.32. The van der Waals surface area contributed by atoms with E-state index >= 15 is 0 Å². The first-order chi connectivity index (χ1) is 12.3. The number of benzene rings is 1. The molecule has 0 spiro atoms. The summed E-state index contributed by atoms with van der Waals surface area (Å²) in [6.45, 7) is 4.02. The van der Waals surface area contributed by atoms with Gasteiger partial charge in [0, 0.05) is 19.2 Å². The maximum absolute atomic E-state index is 14.3. The first-order valence-corrected chi connectivity index (χ1v) is 7.71. The van der Waals surface area contributed by atoms with Crippen LogP contribution in [-0.4, -0.2) is 22.3 Å². The van der Waals surface area contributed by atoms with Crippen molar-refractivity contribution in [1.29, 1.82) is 0 Å². The number of hydrogen-bond acceptors (Lipinski definition) is 3. The Morgan fingerprint density at radius 3 is 2.65 bits per heavy atom. The van der Waals surface area contributed by atoms with Crippen LogP contribution in [0.3, 0.4) is 0 Å². The zero-order chi connectivity index (χ0) is 18.9. The van der Waals surface area contributed by atoms with Crippen LogP contribution in [0.5, 0.6) is 11.5 Å². The summed E-state index contributed by atoms with van der Waals surface area (Å²) >= 11 is 0. The third-order valence-electron chi connectivity index (χ3n) is 4.00. The molecule has 4 nitrogen and oxygen atoms in total. The minimum Gasteiger partial charge on any atom is -0.456 e. The van der Waals surface area contributed by atoms with Crippen molar-refractivity contribution >= 4 is 5.91 Å². The minimum atomic E-state index is -4.54. The summed E-state index contributed by atoms with van der Waals surface area (Å²) in [5.74, 6) is -0.569. The number of rotatable bonds is 3. The molecular weight excluding hydrogens is 352 g/mol. The SMILES string of the molecule is C=CC(=O)N1CCc2c(F)cc(Oc3ccc(C(F)(F)F)nc3)cc2C1. The summed E-state index contributed by atoms with van der Waals surface area (Å²) in [4.78, 5) is 16.6. The van der Waals surface area contributed by atoms with Crippen LogP contribution in [0.4, 0.5) is 17.6 Å². The molecule has 2 heterocycles. The highest BCUT2D eigenvalue weighted by Crippen LogP contribution is 2.32. The molecule has 1 aromatic heterocycles. The Morgan fingerprint density at radius 1 is 1.27 bits per heavy atom. The molecule has 0 fully saturated rings. The lowest BCUT2D eigenvalue weighted by Gasteiger charge is -2.28. The van der Waals surface area contributed by atoms with Crippen LogP contribution in [0.25, 0.3) is 0 Å². The Balaban J connectivity index is 1.83. The molecule has 1 aliphatic heterocycles. The van der Waals surface area contributed by atoms with Crippen molar-refractivity contribution in [2.24, 2.45) is 0 Å². The van der Waals surface area contributed by atoms with Crippen molar-refractivity contribution in [3.63, 3.8) is 0 Å². The van der Waals surface area contributed by atoms with Crippen molar-refractivity contribution in [3.05, 3.63) is 65.8 Å². The Bertz CT molecular complexity index is 848. The summed E-state index contributed by atoms with van der Waals surface area (Å²) < 4.78 is 57.3. The quantitative estimate of drug-likeness (QED) is 0.607. The van der Waals surface area contributed by atoms with E-state index in [2.05, 4.69) is 11.6 Å². The van der Waals surface area contributed by atoms with Gasteiger partial charge in [0.25, 0.3) is 0 Å². The van der Waals surface area contributed by atoms with Crippen molar-refractivity contribution in [3.8, 4) is 11.5 Å².